The van der Waals surface area contributed by atoms with Crippen molar-refractivity contribution >= 4 is 50.1 Å². The maximum absolute atomic E-state index is 13.5. The van der Waals surface area contributed by atoms with Crippen LogP contribution in [0.5, 0.6) is 0 Å². The molecule has 0 bridgehead atoms. The second kappa shape index (κ2) is 13.0. The molecule has 2 aromatic carbocycles. The fourth-order valence-corrected chi connectivity index (χ4v) is 4.64. The number of hydrogen-bond donors (Lipinski definition) is 1. The van der Waals surface area contributed by atoms with Gasteiger partial charge in [-0.1, -0.05) is 32.4 Å². The molecule has 0 heterocycles. The van der Waals surface area contributed by atoms with Gasteiger partial charge in [0.2, 0.25) is 21.8 Å². The van der Waals surface area contributed by atoms with Gasteiger partial charge in [0.1, 0.15) is 18.4 Å². The number of carbonyl (C=O) groups is 2. The molecule has 0 fully saturated rings. The molecule has 0 radical (unpaired) electrons. The van der Waals surface area contributed by atoms with Crippen molar-refractivity contribution in [1.82, 2.24) is 10.2 Å². The van der Waals surface area contributed by atoms with Crippen molar-refractivity contribution in [2.45, 2.75) is 45.7 Å². The Hall–Kier alpha value is -2.21. The summed E-state index contributed by atoms with van der Waals surface area (Å²) >= 11 is 2.11. The standard InChI is InChI=1S/C24H31FIN3O4S/c1-4-6-15-27-24(31)22(5-2)28(16-18-7-9-19(25)10-8-18)23(30)17-29(34(3,32)33)21-13-11-20(26)12-14-21/h7-14,22H,4-6,15-17H2,1-3H3,(H,27,31)/t22-/m0/s1. The first-order valence-electron chi connectivity index (χ1n) is 11.1. The summed E-state index contributed by atoms with van der Waals surface area (Å²) in [5.41, 5.74) is 0.994. The van der Waals surface area contributed by atoms with E-state index in [1.807, 2.05) is 6.92 Å². The highest BCUT2D eigenvalue weighted by molar-refractivity contribution is 14.1. The first-order valence-corrected chi connectivity index (χ1v) is 14.0. The molecule has 0 saturated heterocycles. The fraction of sp³-hybridized carbons (Fsp3) is 0.417. The lowest BCUT2D eigenvalue weighted by atomic mass is 10.1. The Kier molecular flexibility index (Phi) is 10.7. The van der Waals surface area contributed by atoms with Crippen LogP contribution in [0.25, 0.3) is 0 Å². The summed E-state index contributed by atoms with van der Waals surface area (Å²) in [4.78, 5) is 27.8. The van der Waals surface area contributed by atoms with Crippen LogP contribution in [0.3, 0.4) is 0 Å². The van der Waals surface area contributed by atoms with Crippen LogP contribution in [0.4, 0.5) is 10.1 Å². The first-order chi connectivity index (χ1) is 16.1. The molecular weight excluding hydrogens is 572 g/mol. The molecule has 1 N–H and O–H groups in total. The third-order valence-corrected chi connectivity index (χ3v) is 7.14. The second-order valence-corrected chi connectivity index (χ2v) is 11.1. The number of halogens is 2. The average molecular weight is 603 g/mol. The lowest BCUT2D eigenvalue weighted by Crippen LogP contribution is -2.52. The van der Waals surface area contributed by atoms with Gasteiger partial charge >= 0.3 is 0 Å². The van der Waals surface area contributed by atoms with Crippen LogP contribution in [0.1, 0.15) is 38.7 Å². The number of carbonyl (C=O) groups excluding carboxylic acids is 2. The lowest BCUT2D eigenvalue weighted by molar-refractivity contribution is -0.140. The Morgan fingerprint density at radius 1 is 1.06 bits per heavy atom. The number of sulfonamides is 1. The summed E-state index contributed by atoms with van der Waals surface area (Å²) in [5, 5.41) is 2.86. The second-order valence-electron chi connectivity index (χ2n) is 7.96. The van der Waals surface area contributed by atoms with E-state index in [1.165, 1.54) is 17.0 Å². The predicted molar refractivity (Wildman–Crippen MR) is 140 cm³/mol. The summed E-state index contributed by atoms with van der Waals surface area (Å²) in [6.45, 7) is 3.88. The number of nitrogens with one attached hydrogen (secondary N) is 1. The van der Waals surface area contributed by atoms with E-state index >= 15 is 0 Å². The predicted octanol–water partition coefficient (Wildman–Crippen LogP) is 3.92. The van der Waals surface area contributed by atoms with Gasteiger partial charge in [0.15, 0.2) is 0 Å². The first kappa shape index (κ1) is 28.0. The molecule has 0 saturated carbocycles. The fourth-order valence-electron chi connectivity index (χ4n) is 3.43. The van der Waals surface area contributed by atoms with E-state index in [1.54, 1.807) is 43.3 Å². The summed E-state index contributed by atoms with van der Waals surface area (Å²) in [5.74, 6) is -1.23. The molecule has 1 atom stereocenters. The molecule has 7 nitrogen and oxygen atoms in total. The quantitative estimate of drug-likeness (QED) is 0.295. The highest BCUT2D eigenvalue weighted by Crippen LogP contribution is 2.21. The van der Waals surface area contributed by atoms with Crippen molar-refractivity contribution in [2.75, 3.05) is 23.7 Å². The van der Waals surface area contributed by atoms with E-state index in [2.05, 4.69) is 27.9 Å². The van der Waals surface area contributed by atoms with Gasteiger partial charge in [0, 0.05) is 16.7 Å². The highest BCUT2D eigenvalue weighted by Gasteiger charge is 2.31. The number of unbranched alkanes of at least 4 members (excludes halogenated alkanes) is 1. The minimum atomic E-state index is -3.77. The zero-order valence-electron chi connectivity index (χ0n) is 19.6. The van der Waals surface area contributed by atoms with Crippen LogP contribution in [-0.4, -0.2) is 50.5 Å². The van der Waals surface area contributed by atoms with Gasteiger partial charge in [0.05, 0.1) is 11.9 Å². The molecule has 0 spiro atoms. The van der Waals surface area contributed by atoms with Crippen molar-refractivity contribution in [3.05, 3.63) is 63.5 Å². The third-order valence-electron chi connectivity index (χ3n) is 5.28. The lowest BCUT2D eigenvalue weighted by Gasteiger charge is -2.33. The Balaban J connectivity index is 2.37. The molecular formula is C24H31FIN3O4S. The molecule has 0 aromatic heterocycles. The van der Waals surface area contributed by atoms with E-state index < -0.39 is 34.3 Å². The molecule has 10 heteroatoms. The topological polar surface area (TPSA) is 86.8 Å². The molecule has 0 aliphatic rings. The highest BCUT2D eigenvalue weighted by atomic mass is 127. The van der Waals surface area contributed by atoms with Crippen LogP contribution in [0, 0.1) is 9.39 Å². The Morgan fingerprint density at radius 2 is 1.68 bits per heavy atom. The number of nitrogens with zero attached hydrogens (tertiary/aromatic N) is 2. The normalized spacial score (nSPS) is 12.1. The van der Waals surface area contributed by atoms with Crippen LogP contribution in [0.2, 0.25) is 0 Å². The Morgan fingerprint density at radius 3 is 2.21 bits per heavy atom. The van der Waals surface area contributed by atoms with Gasteiger partial charge in [0.25, 0.3) is 0 Å². The molecule has 2 amide bonds. The number of hydrogen-bond acceptors (Lipinski definition) is 4. The number of rotatable bonds is 12. The smallest absolute Gasteiger partial charge is 0.244 e. The van der Waals surface area contributed by atoms with Gasteiger partial charge in [-0.05, 0) is 77.4 Å². The molecule has 2 aromatic rings. The number of anilines is 1. The summed E-state index contributed by atoms with van der Waals surface area (Å²) in [7, 11) is -3.77. The Bertz CT molecular complexity index is 1060. The molecule has 0 unspecified atom stereocenters. The van der Waals surface area contributed by atoms with E-state index in [-0.39, 0.29) is 12.5 Å². The zero-order valence-corrected chi connectivity index (χ0v) is 22.6. The minimum Gasteiger partial charge on any atom is -0.354 e. The molecule has 2 rings (SSSR count). The SMILES string of the molecule is CCCCNC(=O)[C@H](CC)N(Cc1ccc(F)cc1)C(=O)CN(c1ccc(I)cc1)S(C)(=O)=O. The minimum absolute atomic E-state index is 0.0447. The van der Waals surface area contributed by atoms with Crippen molar-refractivity contribution in [1.29, 1.82) is 0 Å². The van der Waals surface area contributed by atoms with E-state index in [9.17, 15) is 22.4 Å². The van der Waals surface area contributed by atoms with Gasteiger partial charge in [-0.3, -0.25) is 13.9 Å². The van der Waals surface area contributed by atoms with Gasteiger partial charge < -0.3 is 10.2 Å². The van der Waals surface area contributed by atoms with Gasteiger partial charge in [-0.25, -0.2) is 12.8 Å². The van der Waals surface area contributed by atoms with Crippen LogP contribution in [-0.2, 0) is 26.2 Å². The maximum atomic E-state index is 13.5. The zero-order chi connectivity index (χ0) is 25.3. The molecule has 186 valence electrons. The monoisotopic (exact) mass is 603 g/mol. The van der Waals surface area contributed by atoms with Gasteiger partial charge in [-0.15, -0.1) is 0 Å². The van der Waals surface area contributed by atoms with Crippen molar-refractivity contribution in [3.63, 3.8) is 0 Å². The number of benzene rings is 2. The molecule has 0 aliphatic carbocycles. The largest absolute Gasteiger partial charge is 0.354 e. The summed E-state index contributed by atoms with van der Waals surface area (Å²) in [6, 6.07) is 11.6. The average Bonchev–Trinajstić information content (AvgIpc) is 2.78. The van der Waals surface area contributed by atoms with Crippen molar-refractivity contribution in [2.24, 2.45) is 0 Å². The van der Waals surface area contributed by atoms with E-state index in [4.69, 9.17) is 0 Å². The summed E-state index contributed by atoms with van der Waals surface area (Å²) < 4.78 is 40.5. The van der Waals surface area contributed by atoms with E-state index in [0.717, 1.165) is 27.0 Å². The molecule has 0 aliphatic heterocycles. The van der Waals surface area contributed by atoms with Crippen LogP contribution < -0.4 is 9.62 Å². The van der Waals surface area contributed by atoms with Crippen LogP contribution in [0.15, 0.2) is 48.5 Å². The third kappa shape index (κ3) is 8.23. The summed E-state index contributed by atoms with van der Waals surface area (Å²) in [6.07, 6.45) is 3.10. The molecule has 34 heavy (non-hydrogen) atoms. The van der Waals surface area contributed by atoms with Gasteiger partial charge in [-0.2, -0.15) is 0 Å². The van der Waals surface area contributed by atoms with Crippen molar-refractivity contribution < 1.29 is 22.4 Å². The maximum Gasteiger partial charge on any atom is 0.244 e. The van der Waals surface area contributed by atoms with Crippen LogP contribution >= 0.6 is 22.6 Å². The number of amides is 2. The Labute approximate surface area is 214 Å². The van der Waals surface area contributed by atoms with E-state index in [0.29, 0.717) is 24.2 Å². The van der Waals surface area contributed by atoms with Crippen molar-refractivity contribution in [3.8, 4) is 0 Å².